The molecule has 0 amide bonds. The molecule has 2 aromatic rings. The van der Waals surface area contributed by atoms with Crippen LogP contribution in [0.2, 0.25) is 0 Å². The summed E-state index contributed by atoms with van der Waals surface area (Å²) in [5.74, 6) is 1.90. The second-order valence-electron chi connectivity index (χ2n) is 7.75. The first-order chi connectivity index (χ1) is 15.1. The number of aryl methyl sites for hydroxylation is 1. The lowest BCUT2D eigenvalue weighted by molar-refractivity contribution is 0.367. The van der Waals surface area contributed by atoms with E-state index in [9.17, 15) is 4.79 Å². The molecular formula is C24H36IN5O2. The smallest absolute Gasteiger partial charge is 0.250 e. The van der Waals surface area contributed by atoms with Gasteiger partial charge in [0.15, 0.2) is 5.96 Å². The number of hydrogen-bond acceptors (Lipinski definition) is 4. The van der Waals surface area contributed by atoms with Crippen molar-refractivity contribution >= 4 is 35.6 Å². The lowest BCUT2D eigenvalue weighted by Gasteiger charge is -2.38. The number of unbranched alkanes of at least 4 members (excludes halogenated alkanes) is 1. The number of pyridine rings is 1. The fourth-order valence-electron chi connectivity index (χ4n) is 3.95. The Hall–Kier alpha value is -2.23. The first-order valence-electron chi connectivity index (χ1n) is 11.2. The maximum absolute atomic E-state index is 12.0. The number of benzene rings is 1. The van der Waals surface area contributed by atoms with Crippen LogP contribution >= 0.6 is 24.0 Å². The van der Waals surface area contributed by atoms with Crippen molar-refractivity contribution in [3.8, 4) is 5.75 Å². The van der Waals surface area contributed by atoms with E-state index in [-0.39, 0.29) is 29.5 Å². The minimum absolute atomic E-state index is 0. The van der Waals surface area contributed by atoms with Gasteiger partial charge in [-0.15, -0.1) is 24.0 Å². The second kappa shape index (κ2) is 13.3. The monoisotopic (exact) mass is 553 g/mol. The van der Waals surface area contributed by atoms with Crippen molar-refractivity contribution in [2.75, 3.05) is 51.3 Å². The highest BCUT2D eigenvalue weighted by Crippen LogP contribution is 2.28. The van der Waals surface area contributed by atoms with Crippen LogP contribution in [-0.2, 0) is 6.54 Å². The average Bonchev–Trinajstić information content (AvgIpc) is 2.80. The number of anilines is 1. The molecule has 1 fully saturated rings. The summed E-state index contributed by atoms with van der Waals surface area (Å²) >= 11 is 0. The van der Waals surface area contributed by atoms with Gasteiger partial charge in [0.1, 0.15) is 5.75 Å². The van der Waals surface area contributed by atoms with Gasteiger partial charge in [0, 0.05) is 57.6 Å². The third kappa shape index (κ3) is 6.88. The molecule has 1 aliphatic heterocycles. The number of piperazine rings is 1. The fraction of sp³-hybridized carbons (Fsp3) is 0.500. The Morgan fingerprint density at radius 1 is 1.06 bits per heavy atom. The zero-order chi connectivity index (χ0) is 22.1. The highest BCUT2D eigenvalue weighted by atomic mass is 127. The zero-order valence-electron chi connectivity index (χ0n) is 19.4. The predicted molar refractivity (Wildman–Crippen MR) is 143 cm³/mol. The van der Waals surface area contributed by atoms with E-state index in [2.05, 4.69) is 34.2 Å². The number of halogens is 1. The Balaban J connectivity index is 0.00000363. The molecule has 7 nitrogen and oxygen atoms in total. The predicted octanol–water partition coefficient (Wildman–Crippen LogP) is 3.35. The summed E-state index contributed by atoms with van der Waals surface area (Å²) in [6, 6.07) is 13.6. The van der Waals surface area contributed by atoms with Gasteiger partial charge in [-0.3, -0.25) is 9.79 Å². The van der Waals surface area contributed by atoms with Gasteiger partial charge in [-0.1, -0.05) is 18.2 Å². The maximum atomic E-state index is 12.0. The van der Waals surface area contributed by atoms with E-state index in [0.29, 0.717) is 0 Å². The van der Waals surface area contributed by atoms with E-state index < -0.39 is 0 Å². The van der Waals surface area contributed by atoms with Gasteiger partial charge < -0.3 is 24.4 Å². The third-order valence-corrected chi connectivity index (χ3v) is 5.66. The van der Waals surface area contributed by atoms with Gasteiger partial charge in [0.25, 0.3) is 5.56 Å². The highest BCUT2D eigenvalue weighted by Gasteiger charge is 2.21. The van der Waals surface area contributed by atoms with Crippen LogP contribution in [-0.4, -0.2) is 61.8 Å². The molecule has 176 valence electrons. The molecule has 0 unspecified atom stereocenters. The standard InChI is InChI=1S/C24H35N5O2.HI/c1-4-25-24(26-14-7-8-15-29-20(2)10-9-13-23(29)30)28-18-16-27(17-19-28)21-11-5-6-12-22(21)31-3;/h5-6,9-13H,4,7-8,14-19H2,1-3H3,(H,25,26);1H. The molecule has 8 heteroatoms. The SMILES string of the molecule is CCNC(=NCCCCn1c(C)cccc1=O)N1CCN(c2ccccc2OC)CC1.I. The number of methoxy groups -OCH3 is 1. The number of para-hydroxylation sites is 2. The number of guanidine groups is 1. The van der Waals surface area contributed by atoms with Crippen LogP contribution < -0.4 is 20.5 Å². The van der Waals surface area contributed by atoms with E-state index in [0.717, 1.165) is 81.7 Å². The summed E-state index contributed by atoms with van der Waals surface area (Å²) in [4.78, 5) is 21.5. The molecule has 1 N–H and O–H groups in total. The van der Waals surface area contributed by atoms with Crippen molar-refractivity contribution in [3.05, 3.63) is 58.5 Å². The average molecular weight is 553 g/mol. The molecule has 0 spiro atoms. The number of nitrogens with zero attached hydrogens (tertiary/aromatic N) is 4. The number of aromatic nitrogens is 1. The van der Waals surface area contributed by atoms with Gasteiger partial charge in [0.05, 0.1) is 12.8 Å². The molecule has 32 heavy (non-hydrogen) atoms. The number of aliphatic imine (C=N–C) groups is 1. The number of rotatable bonds is 8. The Bertz CT molecular complexity index is 923. The molecule has 0 saturated carbocycles. The lowest BCUT2D eigenvalue weighted by Crippen LogP contribution is -2.52. The van der Waals surface area contributed by atoms with Gasteiger partial charge in [0.2, 0.25) is 0 Å². The van der Waals surface area contributed by atoms with E-state index in [1.165, 1.54) is 0 Å². The summed E-state index contributed by atoms with van der Waals surface area (Å²) in [6.07, 6.45) is 1.89. The summed E-state index contributed by atoms with van der Waals surface area (Å²) in [6.45, 7) is 10.1. The Morgan fingerprint density at radius 3 is 2.50 bits per heavy atom. The molecule has 3 rings (SSSR count). The lowest BCUT2D eigenvalue weighted by atomic mass is 10.2. The Labute approximate surface area is 208 Å². The van der Waals surface area contributed by atoms with Crippen molar-refractivity contribution in [1.82, 2.24) is 14.8 Å². The summed E-state index contributed by atoms with van der Waals surface area (Å²) in [5, 5.41) is 3.43. The van der Waals surface area contributed by atoms with Crippen LogP contribution in [0.4, 0.5) is 5.69 Å². The van der Waals surface area contributed by atoms with Crippen molar-refractivity contribution in [2.24, 2.45) is 4.99 Å². The summed E-state index contributed by atoms with van der Waals surface area (Å²) < 4.78 is 7.36. The van der Waals surface area contributed by atoms with Crippen LogP contribution in [0.5, 0.6) is 5.75 Å². The topological polar surface area (TPSA) is 62.1 Å². The minimum Gasteiger partial charge on any atom is -0.495 e. The molecule has 0 atom stereocenters. The molecule has 0 radical (unpaired) electrons. The van der Waals surface area contributed by atoms with Crippen molar-refractivity contribution in [3.63, 3.8) is 0 Å². The van der Waals surface area contributed by atoms with E-state index in [1.54, 1.807) is 13.2 Å². The molecule has 0 aliphatic carbocycles. The molecule has 1 aromatic heterocycles. The molecule has 1 saturated heterocycles. The summed E-state index contributed by atoms with van der Waals surface area (Å²) in [7, 11) is 1.72. The highest BCUT2D eigenvalue weighted by molar-refractivity contribution is 14.0. The number of nitrogens with one attached hydrogen (secondary N) is 1. The third-order valence-electron chi connectivity index (χ3n) is 5.66. The fourth-order valence-corrected chi connectivity index (χ4v) is 3.95. The molecule has 2 heterocycles. The largest absolute Gasteiger partial charge is 0.495 e. The molecule has 1 aliphatic rings. The quantitative estimate of drug-likeness (QED) is 0.235. The summed E-state index contributed by atoms with van der Waals surface area (Å²) in [5.41, 5.74) is 2.24. The van der Waals surface area contributed by atoms with Crippen LogP contribution in [0.3, 0.4) is 0 Å². The van der Waals surface area contributed by atoms with E-state index >= 15 is 0 Å². The molecule has 0 bridgehead atoms. The Kier molecular flexibility index (Phi) is 10.9. The van der Waals surface area contributed by atoms with Crippen molar-refractivity contribution < 1.29 is 4.74 Å². The van der Waals surface area contributed by atoms with Crippen LogP contribution in [0.25, 0.3) is 0 Å². The first kappa shape index (κ1) is 26.0. The second-order valence-corrected chi connectivity index (χ2v) is 7.75. The Morgan fingerprint density at radius 2 is 1.81 bits per heavy atom. The van der Waals surface area contributed by atoms with Gasteiger partial charge >= 0.3 is 0 Å². The molecular weight excluding hydrogens is 517 g/mol. The van der Waals surface area contributed by atoms with Crippen molar-refractivity contribution in [1.29, 1.82) is 0 Å². The zero-order valence-corrected chi connectivity index (χ0v) is 21.7. The van der Waals surface area contributed by atoms with E-state index in [1.807, 2.05) is 35.8 Å². The van der Waals surface area contributed by atoms with Crippen LogP contribution in [0, 0.1) is 6.92 Å². The van der Waals surface area contributed by atoms with Crippen LogP contribution in [0.1, 0.15) is 25.5 Å². The number of ether oxygens (including phenoxy) is 1. The van der Waals surface area contributed by atoms with Gasteiger partial charge in [-0.05, 0) is 44.9 Å². The van der Waals surface area contributed by atoms with Crippen LogP contribution in [0.15, 0.2) is 52.3 Å². The maximum Gasteiger partial charge on any atom is 0.250 e. The molecule has 1 aromatic carbocycles. The van der Waals surface area contributed by atoms with Gasteiger partial charge in [-0.25, -0.2) is 0 Å². The number of hydrogen-bond donors (Lipinski definition) is 1. The van der Waals surface area contributed by atoms with E-state index in [4.69, 9.17) is 9.73 Å². The first-order valence-corrected chi connectivity index (χ1v) is 11.2. The van der Waals surface area contributed by atoms with Crippen molar-refractivity contribution in [2.45, 2.75) is 33.2 Å². The van der Waals surface area contributed by atoms with Gasteiger partial charge in [-0.2, -0.15) is 0 Å². The normalized spacial score (nSPS) is 14.2. The minimum atomic E-state index is 0.